The van der Waals surface area contributed by atoms with Crippen LogP contribution in [0.15, 0.2) is 12.1 Å². The maximum Gasteiger partial charge on any atom is 0.416 e. The molecule has 0 aliphatic carbocycles. The van der Waals surface area contributed by atoms with Crippen molar-refractivity contribution < 1.29 is 18.3 Å². The Balaban J connectivity index is 2.45. The summed E-state index contributed by atoms with van der Waals surface area (Å²) in [6.07, 6.45) is -6.28. The molecule has 0 radical (unpaired) electrons. The molecule has 0 saturated carbocycles. The molecular formula is C15H16ClF3N2O. The Morgan fingerprint density at radius 2 is 2.05 bits per heavy atom. The first-order valence-corrected chi connectivity index (χ1v) is 7.28. The number of rotatable bonds is 2. The van der Waals surface area contributed by atoms with Crippen molar-refractivity contribution in [2.24, 2.45) is 0 Å². The number of halogens is 4. The Kier molecular flexibility index (Phi) is 4.59. The Bertz CT molecular complexity index is 612. The Morgan fingerprint density at radius 1 is 1.41 bits per heavy atom. The van der Waals surface area contributed by atoms with Crippen molar-refractivity contribution in [2.45, 2.75) is 51.1 Å². The number of alkyl halides is 3. The molecule has 1 aliphatic rings. The fraction of sp³-hybridized carbons (Fsp3) is 0.533. The molecule has 2 rings (SSSR count). The molecule has 1 aliphatic heterocycles. The third kappa shape index (κ3) is 2.88. The van der Waals surface area contributed by atoms with Crippen molar-refractivity contribution >= 4 is 17.3 Å². The van der Waals surface area contributed by atoms with Crippen LogP contribution in [0.25, 0.3) is 0 Å². The first-order chi connectivity index (χ1) is 10.2. The second-order valence-corrected chi connectivity index (χ2v) is 5.95. The van der Waals surface area contributed by atoms with Gasteiger partial charge in [0.05, 0.1) is 16.6 Å². The van der Waals surface area contributed by atoms with Crippen molar-refractivity contribution in [3.8, 4) is 6.07 Å². The van der Waals surface area contributed by atoms with Gasteiger partial charge >= 0.3 is 6.18 Å². The second kappa shape index (κ2) is 5.98. The number of nitriles is 1. The van der Waals surface area contributed by atoms with Gasteiger partial charge in [0.1, 0.15) is 6.07 Å². The Labute approximate surface area is 131 Å². The lowest BCUT2D eigenvalue weighted by molar-refractivity contribution is -0.209. The van der Waals surface area contributed by atoms with Crippen LogP contribution in [-0.4, -0.2) is 29.5 Å². The highest BCUT2D eigenvalue weighted by atomic mass is 35.5. The number of nitrogens with zero attached hydrogens (tertiary/aromatic N) is 2. The largest absolute Gasteiger partial charge is 0.416 e. The van der Waals surface area contributed by atoms with Gasteiger partial charge in [0.15, 0.2) is 6.10 Å². The lowest BCUT2D eigenvalue weighted by Crippen LogP contribution is -2.49. The number of hydrogen-bond acceptors (Lipinski definition) is 3. The van der Waals surface area contributed by atoms with Gasteiger partial charge < -0.3 is 10.0 Å². The molecule has 0 aromatic heterocycles. The van der Waals surface area contributed by atoms with E-state index < -0.39 is 18.3 Å². The topological polar surface area (TPSA) is 47.3 Å². The molecule has 0 spiro atoms. The predicted octanol–water partition coefficient (Wildman–Crippen LogP) is 3.80. The summed E-state index contributed by atoms with van der Waals surface area (Å²) in [6.45, 7) is 3.48. The summed E-state index contributed by atoms with van der Waals surface area (Å²) in [7, 11) is 0. The van der Waals surface area contributed by atoms with Crippen LogP contribution in [0.5, 0.6) is 0 Å². The summed E-state index contributed by atoms with van der Waals surface area (Å²) in [5.74, 6) is 0. The molecule has 1 saturated heterocycles. The average Bonchev–Trinajstić information content (AvgIpc) is 2.81. The van der Waals surface area contributed by atoms with Gasteiger partial charge in [-0.25, -0.2) is 0 Å². The van der Waals surface area contributed by atoms with Crippen molar-refractivity contribution in [2.75, 3.05) is 4.90 Å². The molecule has 3 atom stereocenters. The van der Waals surface area contributed by atoms with Crippen molar-refractivity contribution in [1.29, 1.82) is 5.26 Å². The fourth-order valence-corrected chi connectivity index (χ4v) is 3.20. The lowest BCUT2D eigenvalue weighted by atomic mass is 10.0. The quantitative estimate of drug-likeness (QED) is 0.896. The summed E-state index contributed by atoms with van der Waals surface area (Å²) < 4.78 is 38.6. The SMILES string of the molecule is Cc1c(N2[C@H](C)CC[C@@H]2[C@H](O)C(F)(F)F)ccc(C#N)c1Cl. The molecule has 120 valence electrons. The van der Waals surface area contributed by atoms with Crippen LogP contribution in [0.4, 0.5) is 18.9 Å². The minimum Gasteiger partial charge on any atom is -0.382 e. The number of hydrogen-bond donors (Lipinski definition) is 1. The van der Waals surface area contributed by atoms with E-state index in [0.29, 0.717) is 17.7 Å². The van der Waals surface area contributed by atoms with Crippen molar-refractivity contribution in [3.63, 3.8) is 0 Å². The monoisotopic (exact) mass is 332 g/mol. The first kappa shape index (κ1) is 16.9. The predicted molar refractivity (Wildman–Crippen MR) is 77.9 cm³/mol. The number of anilines is 1. The van der Waals surface area contributed by atoms with Crippen LogP contribution in [0, 0.1) is 18.3 Å². The minimum atomic E-state index is -4.67. The third-order valence-electron chi connectivity index (χ3n) is 4.17. The third-order valence-corrected chi connectivity index (χ3v) is 4.66. The minimum absolute atomic E-state index is 0.148. The Morgan fingerprint density at radius 3 is 2.59 bits per heavy atom. The van der Waals surface area contributed by atoms with Gasteiger partial charge in [0.2, 0.25) is 0 Å². The van der Waals surface area contributed by atoms with Gasteiger partial charge in [-0.2, -0.15) is 18.4 Å². The summed E-state index contributed by atoms with van der Waals surface area (Å²) >= 11 is 6.11. The summed E-state index contributed by atoms with van der Waals surface area (Å²) in [5, 5.41) is 18.8. The zero-order chi connectivity index (χ0) is 16.7. The van der Waals surface area contributed by atoms with E-state index in [0.717, 1.165) is 0 Å². The van der Waals surface area contributed by atoms with E-state index in [2.05, 4.69) is 0 Å². The van der Waals surface area contributed by atoms with Gasteiger partial charge in [-0.3, -0.25) is 0 Å². The lowest BCUT2D eigenvalue weighted by Gasteiger charge is -2.35. The summed E-state index contributed by atoms with van der Waals surface area (Å²) in [5.41, 5.74) is 1.36. The van der Waals surface area contributed by atoms with E-state index in [1.165, 1.54) is 6.07 Å². The van der Waals surface area contributed by atoms with Gasteiger partial charge in [0, 0.05) is 11.7 Å². The zero-order valence-electron chi connectivity index (χ0n) is 12.2. The molecule has 1 aromatic carbocycles. The van der Waals surface area contributed by atoms with Crippen LogP contribution in [0.3, 0.4) is 0 Å². The van der Waals surface area contributed by atoms with Crippen molar-refractivity contribution in [3.05, 3.63) is 28.3 Å². The highest BCUT2D eigenvalue weighted by molar-refractivity contribution is 6.32. The van der Waals surface area contributed by atoms with Crippen LogP contribution < -0.4 is 4.90 Å². The number of aliphatic hydroxyl groups excluding tert-OH is 1. The van der Waals surface area contributed by atoms with E-state index in [4.69, 9.17) is 16.9 Å². The molecule has 0 bridgehead atoms. The van der Waals surface area contributed by atoms with Gasteiger partial charge in [-0.05, 0) is 44.4 Å². The zero-order valence-corrected chi connectivity index (χ0v) is 12.9. The van der Waals surface area contributed by atoms with Crippen LogP contribution >= 0.6 is 11.6 Å². The molecule has 1 heterocycles. The van der Waals surface area contributed by atoms with Crippen LogP contribution in [0.2, 0.25) is 5.02 Å². The number of aliphatic hydroxyl groups is 1. The normalized spacial score (nSPS) is 23.5. The highest BCUT2D eigenvalue weighted by Gasteiger charge is 2.49. The van der Waals surface area contributed by atoms with E-state index in [1.807, 2.05) is 13.0 Å². The molecule has 0 unspecified atom stereocenters. The van der Waals surface area contributed by atoms with E-state index in [9.17, 15) is 18.3 Å². The second-order valence-electron chi connectivity index (χ2n) is 5.57. The fourth-order valence-electron chi connectivity index (χ4n) is 3.00. The van der Waals surface area contributed by atoms with Crippen LogP contribution in [0.1, 0.15) is 30.9 Å². The Hall–Kier alpha value is -1.45. The average molecular weight is 333 g/mol. The first-order valence-electron chi connectivity index (χ1n) is 6.90. The number of benzene rings is 1. The molecule has 1 aromatic rings. The standard InChI is InChI=1S/C15H16ClF3N2O/c1-8-3-5-12(14(22)15(17,18)19)21(8)11-6-4-10(7-20)13(16)9(11)2/h4,6,8,12,14,22H,3,5H2,1-2H3/t8-,12-,14+/m1/s1. The molecular weight excluding hydrogens is 317 g/mol. The molecule has 7 heteroatoms. The van der Waals surface area contributed by atoms with Gasteiger partial charge in [0.25, 0.3) is 0 Å². The maximum atomic E-state index is 12.9. The maximum absolute atomic E-state index is 12.9. The van der Waals surface area contributed by atoms with Crippen LogP contribution in [-0.2, 0) is 0 Å². The van der Waals surface area contributed by atoms with Gasteiger partial charge in [-0.1, -0.05) is 11.6 Å². The molecule has 1 fully saturated rings. The van der Waals surface area contributed by atoms with E-state index >= 15 is 0 Å². The van der Waals surface area contributed by atoms with E-state index in [-0.39, 0.29) is 23.0 Å². The smallest absolute Gasteiger partial charge is 0.382 e. The summed E-state index contributed by atoms with van der Waals surface area (Å²) in [6, 6.07) is 3.84. The highest BCUT2D eigenvalue weighted by Crippen LogP contribution is 2.40. The van der Waals surface area contributed by atoms with E-state index in [1.54, 1.807) is 17.9 Å². The van der Waals surface area contributed by atoms with Crippen molar-refractivity contribution in [1.82, 2.24) is 0 Å². The molecule has 0 amide bonds. The molecule has 1 N–H and O–H groups in total. The molecule has 22 heavy (non-hydrogen) atoms. The summed E-state index contributed by atoms with van der Waals surface area (Å²) in [4.78, 5) is 1.57. The van der Waals surface area contributed by atoms with Gasteiger partial charge in [-0.15, -0.1) is 0 Å². The molecule has 3 nitrogen and oxygen atoms in total.